The first-order valence-corrected chi connectivity index (χ1v) is 13.0. The molecule has 2 aromatic rings. The lowest BCUT2D eigenvalue weighted by atomic mass is 10.0. The van der Waals surface area contributed by atoms with Crippen LogP contribution in [0.3, 0.4) is 0 Å². The molecule has 3 saturated heterocycles. The van der Waals surface area contributed by atoms with Crippen molar-refractivity contribution >= 4 is 17.6 Å². The molecule has 4 aliphatic rings. The van der Waals surface area contributed by atoms with E-state index < -0.39 is 5.91 Å². The highest BCUT2D eigenvalue weighted by atomic mass is 16.5. The molecule has 9 heteroatoms. The molecule has 0 atom stereocenters. The van der Waals surface area contributed by atoms with Gasteiger partial charge in [-0.15, -0.1) is 0 Å². The summed E-state index contributed by atoms with van der Waals surface area (Å²) >= 11 is 0. The summed E-state index contributed by atoms with van der Waals surface area (Å²) in [6.45, 7) is 7.77. The second-order valence-corrected chi connectivity index (χ2v) is 10.0. The van der Waals surface area contributed by atoms with Gasteiger partial charge in [-0.2, -0.15) is 0 Å². The Morgan fingerprint density at radius 3 is 2.31 bits per heavy atom. The van der Waals surface area contributed by atoms with Crippen LogP contribution in [0.1, 0.15) is 44.7 Å². The monoisotopic (exact) mass is 491 g/mol. The number of ether oxygens (including phenoxy) is 2. The average Bonchev–Trinajstić information content (AvgIpc) is 3.31. The molecule has 3 aliphatic heterocycles. The van der Waals surface area contributed by atoms with Crippen LogP contribution in [0.4, 0.5) is 5.82 Å². The fourth-order valence-corrected chi connectivity index (χ4v) is 5.99. The highest BCUT2D eigenvalue weighted by Crippen LogP contribution is 2.39. The fraction of sp³-hybridized carbons (Fsp3) is 0.519. The lowest BCUT2D eigenvalue weighted by Crippen LogP contribution is -2.49. The molecule has 2 N–H and O–H groups in total. The molecule has 4 heterocycles. The molecule has 1 aromatic heterocycles. The van der Waals surface area contributed by atoms with E-state index in [4.69, 9.17) is 20.2 Å². The summed E-state index contributed by atoms with van der Waals surface area (Å²) in [5.74, 6) is 0.392. The highest BCUT2D eigenvalue weighted by molar-refractivity contribution is 5.99. The number of benzene rings is 1. The first-order valence-electron chi connectivity index (χ1n) is 13.0. The molecule has 9 nitrogen and oxygen atoms in total. The van der Waals surface area contributed by atoms with E-state index in [-0.39, 0.29) is 5.91 Å². The summed E-state index contributed by atoms with van der Waals surface area (Å²) in [5.41, 5.74) is 10.7. The minimum absolute atomic E-state index is 0.0176. The largest absolute Gasteiger partial charge is 0.379 e. The summed E-state index contributed by atoms with van der Waals surface area (Å²) in [6.07, 6.45) is 2.68. The van der Waals surface area contributed by atoms with E-state index >= 15 is 0 Å². The molecular formula is C27H33N5O4. The van der Waals surface area contributed by atoms with Crippen molar-refractivity contribution in [3.8, 4) is 11.3 Å². The topological polar surface area (TPSA) is 101 Å². The first kappa shape index (κ1) is 23.4. The fourth-order valence-electron chi connectivity index (χ4n) is 5.99. The van der Waals surface area contributed by atoms with E-state index in [1.54, 1.807) is 0 Å². The van der Waals surface area contributed by atoms with Gasteiger partial charge in [0.15, 0.2) is 0 Å². The van der Waals surface area contributed by atoms with E-state index in [1.807, 2.05) is 29.2 Å². The highest BCUT2D eigenvalue weighted by Gasteiger charge is 2.31. The van der Waals surface area contributed by atoms with Crippen LogP contribution in [0.25, 0.3) is 11.3 Å². The van der Waals surface area contributed by atoms with E-state index in [1.165, 1.54) is 0 Å². The van der Waals surface area contributed by atoms with Gasteiger partial charge in [0.2, 0.25) is 5.91 Å². The smallest absolute Gasteiger partial charge is 0.254 e. The van der Waals surface area contributed by atoms with Crippen molar-refractivity contribution in [2.45, 2.75) is 25.3 Å². The van der Waals surface area contributed by atoms with Crippen LogP contribution in [0, 0.1) is 0 Å². The van der Waals surface area contributed by atoms with E-state index in [2.05, 4.69) is 9.80 Å². The van der Waals surface area contributed by atoms with Gasteiger partial charge in [-0.3, -0.25) is 14.5 Å². The van der Waals surface area contributed by atoms with Crippen LogP contribution in [0.2, 0.25) is 0 Å². The maximum absolute atomic E-state index is 13.0. The number of nitrogens with two attached hydrogens (primary N) is 1. The third-order valence-corrected chi connectivity index (χ3v) is 8.00. The van der Waals surface area contributed by atoms with E-state index in [9.17, 15) is 9.59 Å². The maximum atomic E-state index is 13.0. The zero-order valence-electron chi connectivity index (χ0n) is 20.6. The lowest BCUT2D eigenvalue weighted by Gasteiger charge is -2.40. The Balaban J connectivity index is 1.24. The number of carbonyl (C=O) groups is 2. The molecule has 6 rings (SSSR count). The second-order valence-electron chi connectivity index (χ2n) is 10.0. The summed E-state index contributed by atoms with van der Waals surface area (Å²) in [5, 5.41) is 0. The Hall–Kier alpha value is -3.01. The van der Waals surface area contributed by atoms with Gasteiger partial charge in [0, 0.05) is 68.4 Å². The summed E-state index contributed by atoms with van der Waals surface area (Å²) in [6, 6.07) is 8.23. The molecule has 0 unspecified atom stereocenters. The molecule has 2 amide bonds. The van der Waals surface area contributed by atoms with E-state index in [0.29, 0.717) is 49.9 Å². The minimum Gasteiger partial charge on any atom is -0.379 e. The molecule has 0 spiro atoms. The molecule has 0 bridgehead atoms. The number of fused-ring (bicyclic) bond motifs is 3. The molecule has 0 radical (unpaired) electrons. The number of primary amides is 1. The van der Waals surface area contributed by atoms with E-state index in [0.717, 1.165) is 80.4 Å². The van der Waals surface area contributed by atoms with Gasteiger partial charge in [-0.1, -0.05) is 6.07 Å². The number of amides is 2. The number of rotatable bonds is 4. The van der Waals surface area contributed by atoms with Crippen LogP contribution >= 0.6 is 0 Å². The number of aromatic nitrogens is 1. The Kier molecular flexibility index (Phi) is 6.37. The molecule has 36 heavy (non-hydrogen) atoms. The van der Waals surface area contributed by atoms with Crippen molar-refractivity contribution in [3.05, 3.63) is 46.5 Å². The van der Waals surface area contributed by atoms with Crippen LogP contribution in [0.15, 0.2) is 24.3 Å². The average molecular weight is 492 g/mol. The van der Waals surface area contributed by atoms with Crippen LogP contribution in [0.5, 0.6) is 0 Å². The Morgan fingerprint density at radius 1 is 0.917 bits per heavy atom. The normalized spacial score (nSPS) is 20.8. The number of carbonyl (C=O) groups excluding carboxylic acids is 2. The van der Waals surface area contributed by atoms with Crippen molar-refractivity contribution in [2.24, 2.45) is 5.73 Å². The number of piperidine rings is 1. The number of pyridine rings is 1. The minimum atomic E-state index is -0.435. The van der Waals surface area contributed by atoms with Gasteiger partial charge in [0.05, 0.1) is 32.1 Å². The standard InChI is InChI=1S/C27H33N5O4/c28-26(33)23-17-24(31-5-3-20(4-6-31)30-7-11-35-12-8-30)29-25-21-2-1-18(15-19(21)16-22(23)25)27(34)32-9-13-36-14-10-32/h1-2,15,17,20H,3-14,16H2,(H2,28,33). The van der Waals surface area contributed by atoms with Gasteiger partial charge >= 0.3 is 0 Å². The Labute approximate surface area is 211 Å². The SMILES string of the molecule is NC(=O)c1cc(N2CCC(N3CCOCC3)CC2)nc2c1Cc1cc(C(=O)N3CCOCC3)ccc1-2. The van der Waals surface area contributed by atoms with Crippen molar-refractivity contribution in [2.75, 3.05) is 70.6 Å². The van der Waals surface area contributed by atoms with Crippen LogP contribution < -0.4 is 10.6 Å². The predicted molar refractivity (Wildman–Crippen MR) is 135 cm³/mol. The molecular weight excluding hydrogens is 458 g/mol. The number of anilines is 1. The molecule has 1 aliphatic carbocycles. The summed E-state index contributed by atoms with van der Waals surface area (Å²) in [7, 11) is 0. The van der Waals surface area contributed by atoms with Gasteiger partial charge < -0.3 is 25.0 Å². The summed E-state index contributed by atoms with van der Waals surface area (Å²) in [4.78, 5) is 37.2. The number of hydrogen-bond acceptors (Lipinski definition) is 7. The maximum Gasteiger partial charge on any atom is 0.254 e. The number of nitrogens with zero attached hydrogens (tertiary/aromatic N) is 4. The van der Waals surface area contributed by atoms with Gasteiger partial charge in [0.1, 0.15) is 5.82 Å². The van der Waals surface area contributed by atoms with Gasteiger partial charge in [-0.05, 0) is 42.2 Å². The van der Waals surface area contributed by atoms with Crippen molar-refractivity contribution < 1.29 is 19.1 Å². The Morgan fingerprint density at radius 2 is 1.61 bits per heavy atom. The molecule has 3 fully saturated rings. The van der Waals surface area contributed by atoms with Gasteiger partial charge in [-0.25, -0.2) is 4.98 Å². The van der Waals surface area contributed by atoms with Gasteiger partial charge in [0.25, 0.3) is 5.91 Å². The molecule has 190 valence electrons. The quantitative estimate of drug-likeness (QED) is 0.591. The lowest BCUT2D eigenvalue weighted by molar-refractivity contribution is 0.0115. The Bertz CT molecular complexity index is 1160. The van der Waals surface area contributed by atoms with Crippen molar-refractivity contribution in [3.63, 3.8) is 0 Å². The van der Waals surface area contributed by atoms with Crippen molar-refractivity contribution in [1.82, 2.24) is 14.8 Å². The predicted octanol–water partition coefficient (Wildman–Crippen LogP) is 1.53. The van der Waals surface area contributed by atoms with Crippen LogP contribution in [-0.2, 0) is 15.9 Å². The first-order chi connectivity index (χ1) is 17.6. The third-order valence-electron chi connectivity index (χ3n) is 8.00. The number of morpholine rings is 2. The molecule has 1 aromatic carbocycles. The third kappa shape index (κ3) is 4.36. The zero-order valence-corrected chi connectivity index (χ0v) is 20.6. The van der Waals surface area contributed by atoms with Crippen LogP contribution in [-0.4, -0.2) is 98.3 Å². The second kappa shape index (κ2) is 9.80. The zero-order chi connectivity index (χ0) is 24.6. The van der Waals surface area contributed by atoms with Crippen molar-refractivity contribution in [1.29, 1.82) is 0 Å². The molecule has 0 saturated carbocycles. The number of hydrogen-bond donors (Lipinski definition) is 1. The summed E-state index contributed by atoms with van der Waals surface area (Å²) < 4.78 is 10.9.